The van der Waals surface area contributed by atoms with Crippen LogP contribution in [-0.2, 0) is 14.8 Å². The van der Waals surface area contributed by atoms with Crippen LogP contribution in [0.5, 0.6) is 0 Å². The molecule has 1 aromatic carbocycles. The first kappa shape index (κ1) is 15.9. The normalized spacial score (nSPS) is 14.9. The van der Waals surface area contributed by atoms with Gasteiger partial charge in [-0.3, -0.25) is 4.79 Å². The van der Waals surface area contributed by atoms with Crippen LogP contribution >= 0.6 is 0 Å². The molecule has 7 heteroatoms. The van der Waals surface area contributed by atoms with Gasteiger partial charge in [-0.05, 0) is 37.5 Å². The van der Waals surface area contributed by atoms with Crippen LogP contribution in [0.4, 0.5) is 0 Å². The van der Waals surface area contributed by atoms with Crippen molar-refractivity contribution < 1.29 is 17.9 Å². The van der Waals surface area contributed by atoms with Gasteiger partial charge in [0.05, 0.1) is 4.90 Å². The van der Waals surface area contributed by atoms with Crippen molar-refractivity contribution in [2.45, 2.75) is 30.2 Å². The fraction of sp³-hybridized carbons (Fsp3) is 0.500. The molecule has 0 saturated heterocycles. The molecule has 0 atom stereocenters. The molecule has 0 aromatic heterocycles. The molecule has 0 heterocycles. The highest BCUT2D eigenvalue weighted by Gasteiger charge is 2.28. The molecular formula is C14H20N2O4S. The van der Waals surface area contributed by atoms with Gasteiger partial charge in [0.25, 0.3) is 5.91 Å². The second-order valence-electron chi connectivity index (χ2n) is 5.03. The number of carbonyl (C=O) groups is 1. The number of rotatable bonds is 8. The topological polar surface area (TPSA) is 84.5 Å². The van der Waals surface area contributed by atoms with E-state index in [1.54, 1.807) is 19.2 Å². The monoisotopic (exact) mass is 312 g/mol. The molecular weight excluding hydrogens is 292 g/mol. The molecule has 0 spiro atoms. The molecule has 1 aromatic rings. The van der Waals surface area contributed by atoms with E-state index in [-0.39, 0.29) is 16.8 Å². The molecule has 2 N–H and O–H groups in total. The van der Waals surface area contributed by atoms with E-state index < -0.39 is 10.0 Å². The van der Waals surface area contributed by atoms with Crippen LogP contribution in [0.25, 0.3) is 0 Å². The zero-order valence-corrected chi connectivity index (χ0v) is 12.8. The first-order chi connectivity index (χ1) is 10.0. The highest BCUT2D eigenvalue weighted by molar-refractivity contribution is 7.89. The van der Waals surface area contributed by atoms with Crippen LogP contribution in [0.3, 0.4) is 0 Å². The average Bonchev–Trinajstić information content (AvgIpc) is 3.27. The molecule has 1 amide bonds. The van der Waals surface area contributed by atoms with Crippen molar-refractivity contribution in [3.63, 3.8) is 0 Å². The van der Waals surface area contributed by atoms with E-state index in [0.717, 1.165) is 12.8 Å². The molecule has 0 aliphatic heterocycles. The fourth-order valence-electron chi connectivity index (χ4n) is 1.81. The SMILES string of the molecule is COCCCNC(=O)c1cccc(S(=O)(=O)NC2CC2)c1. The van der Waals surface area contributed by atoms with E-state index in [4.69, 9.17) is 4.74 Å². The molecule has 1 saturated carbocycles. The predicted octanol–water partition coefficient (Wildman–Crippen LogP) is 0.894. The molecule has 0 unspecified atom stereocenters. The molecule has 1 aliphatic rings. The average molecular weight is 312 g/mol. The number of amides is 1. The Labute approximate surface area is 124 Å². The maximum absolute atomic E-state index is 12.1. The van der Waals surface area contributed by atoms with Crippen LogP contribution < -0.4 is 10.0 Å². The minimum atomic E-state index is -3.53. The first-order valence-corrected chi connectivity index (χ1v) is 8.41. The molecule has 1 fully saturated rings. The summed E-state index contributed by atoms with van der Waals surface area (Å²) in [6.07, 6.45) is 2.46. The Kier molecular flexibility index (Phi) is 5.33. The van der Waals surface area contributed by atoms with Gasteiger partial charge in [-0.2, -0.15) is 0 Å². The quantitative estimate of drug-likeness (QED) is 0.698. The van der Waals surface area contributed by atoms with Crippen LogP contribution in [0.15, 0.2) is 29.2 Å². The van der Waals surface area contributed by atoms with Gasteiger partial charge in [0.15, 0.2) is 0 Å². The minimum Gasteiger partial charge on any atom is -0.385 e. The van der Waals surface area contributed by atoms with Crippen molar-refractivity contribution in [2.24, 2.45) is 0 Å². The number of nitrogens with one attached hydrogen (secondary N) is 2. The zero-order chi connectivity index (χ0) is 15.3. The minimum absolute atomic E-state index is 0.0431. The molecule has 0 bridgehead atoms. The standard InChI is InChI=1S/C14H20N2O4S/c1-20-9-3-8-15-14(17)11-4-2-5-13(10-11)21(18,19)16-12-6-7-12/h2,4-5,10,12,16H,3,6-9H2,1H3,(H,15,17). The Balaban J connectivity index is 2.01. The van der Waals surface area contributed by atoms with Gasteiger partial charge in [-0.15, -0.1) is 0 Å². The lowest BCUT2D eigenvalue weighted by Gasteiger charge is -2.08. The lowest BCUT2D eigenvalue weighted by molar-refractivity contribution is 0.0948. The Morgan fingerprint density at radius 2 is 2.14 bits per heavy atom. The summed E-state index contributed by atoms with van der Waals surface area (Å²) in [6, 6.07) is 6.11. The molecule has 21 heavy (non-hydrogen) atoms. The Morgan fingerprint density at radius 1 is 1.38 bits per heavy atom. The van der Waals surface area contributed by atoms with Gasteiger partial charge in [-0.25, -0.2) is 13.1 Å². The molecule has 0 radical (unpaired) electrons. The maximum atomic E-state index is 12.1. The van der Waals surface area contributed by atoms with E-state index in [9.17, 15) is 13.2 Å². The summed E-state index contributed by atoms with van der Waals surface area (Å²) in [4.78, 5) is 12.1. The van der Waals surface area contributed by atoms with Gasteiger partial charge in [0, 0.05) is 31.9 Å². The Hall–Kier alpha value is -1.44. The zero-order valence-electron chi connectivity index (χ0n) is 12.0. The molecule has 6 nitrogen and oxygen atoms in total. The van der Waals surface area contributed by atoms with Crippen molar-refractivity contribution >= 4 is 15.9 Å². The summed E-state index contributed by atoms with van der Waals surface area (Å²) in [5.41, 5.74) is 0.339. The number of hydrogen-bond acceptors (Lipinski definition) is 4. The number of methoxy groups -OCH3 is 1. The van der Waals surface area contributed by atoms with Crippen molar-refractivity contribution in [3.05, 3.63) is 29.8 Å². The third-order valence-corrected chi connectivity index (χ3v) is 4.63. The Morgan fingerprint density at radius 3 is 2.81 bits per heavy atom. The summed E-state index contributed by atoms with van der Waals surface area (Å²) < 4.78 is 31.7. The number of hydrogen-bond donors (Lipinski definition) is 2. The van der Waals surface area contributed by atoms with Crippen LogP contribution in [-0.4, -0.2) is 40.6 Å². The van der Waals surface area contributed by atoms with Crippen molar-refractivity contribution in [1.82, 2.24) is 10.0 Å². The maximum Gasteiger partial charge on any atom is 0.251 e. The lowest BCUT2D eigenvalue weighted by atomic mass is 10.2. The summed E-state index contributed by atoms with van der Waals surface area (Å²) >= 11 is 0. The second kappa shape index (κ2) is 7.02. The van der Waals surface area contributed by atoms with E-state index >= 15 is 0 Å². The van der Waals surface area contributed by atoms with Gasteiger partial charge in [0.2, 0.25) is 10.0 Å². The molecule has 1 aliphatic carbocycles. The van der Waals surface area contributed by atoms with Crippen LogP contribution in [0, 0.1) is 0 Å². The van der Waals surface area contributed by atoms with E-state index in [2.05, 4.69) is 10.0 Å². The van der Waals surface area contributed by atoms with Crippen molar-refractivity contribution in [1.29, 1.82) is 0 Å². The number of sulfonamides is 1. The third-order valence-electron chi connectivity index (χ3n) is 3.12. The summed E-state index contributed by atoms with van der Waals surface area (Å²) in [5.74, 6) is -0.283. The van der Waals surface area contributed by atoms with E-state index in [1.807, 2.05) is 0 Å². The fourth-order valence-corrected chi connectivity index (χ4v) is 3.16. The summed E-state index contributed by atoms with van der Waals surface area (Å²) in [6.45, 7) is 1.06. The van der Waals surface area contributed by atoms with Gasteiger partial charge in [-0.1, -0.05) is 6.07 Å². The number of benzene rings is 1. The molecule has 2 rings (SSSR count). The van der Waals surface area contributed by atoms with E-state index in [1.165, 1.54) is 12.1 Å². The lowest BCUT2D eigenvalue weighted by Crippen LogP contribution is -2.27. The smallest absolute Gasteiger partial charge is 0.251 e. The second-order valence-corrected chi connectivity index (χ2v) is 6.74. The largest absolute Gasteiger partial charge is 0.385 e. The predicted molar refractivity (Wildman–Crippen MR) is 78.6 cm³/mol. The van der Waals surface area contributed by atoms with Crippen LogP contribution in [0.1, 0.15) is 29.6 Å². The Bertz CT molecular complexity index is 597. The van der Waals surface area contributed by atoms with Crippen LogP contribution in [0.2, 0.25) is 0 Å². The number of carbonyl (C=O) groups excluding carboxylic acids is 1. The summed E-state index contributed by atoms with van der Waals surface area (Å²) in [7, 11) is -1.93. The highest BCUT2D eigenvalue weighted by atomic mass is 32.2. The first-order valence-electron chi connectivity index (χ1n) is 6.92. The highest BCUT2D eigenvalue weighted by Crippen LogP contribution is 2.22. The van der Waals surface area contributed by atoms with Crippen molar-refractivity contribution in [3.8, 4) is 0 Å². The number of ether oxygens (including phenoxy) is 1. The van der Waals surface area contributed by atoms with E-state index in [0.29, 0.717) is 25.1 Å². The van der Waals surface area contributed by atoms with Gasteiger partial charge < -0.3 is 10.1 Å². The van der Waals surface area contributed by atoms with Gasteiger partial charge in [0.1, 0.15) is 0 Å². The third kappa shape index (κ3) is 4.80. The van der Waals surface area contributed by atoms with Gasteiger partial charge >= 0.3 is 0 Å². The van der Waals surface area contributed by atoms with Crippen molar-refractivity contribution in [2.75, 3.05) is 20.3 Å². The molecule has 116 valence electrons. The summed E-state index contributed by atoms with van der Waals surface area (Å²) in [5, 5.41) is 2.73.